The maximum absolute atomic E-state index is 12.1. The van der Waals surface area contributed by atoms with Crippen molar-refractivity contribution >= 4 is 17.5 Å². The molecule has 0 spiro atoms. The maximum Gasteiger partial charge on any atom is 0.239 e. The molecule has 1 aliphatic rings. The zero-order chi connectivity index (χ0) is 14.4. The molecule has 0 bridgehead atoms. The predicted molar refractivity (Wildman–Crippen MR) is 77.6 cm³/mol. The van der Waals surface area contributed by atoms with Crippen LogP contribution >= 0.6 is 11.6 Å². The van der Waals surface area contributed by atoms with Gasteiger partial charge in [-0.05, 0) is 18.6 Å². The van der Waals surface area contributed by atoms with E-state index in [0.29, 0.717) is 31.5 Å². The Bertz CT molecular complexity index is 456. The molecule has 2 rings (SSSR count). The molecule has 1 N–H and O–H groups in total. The highest BCUT2D eigenvalue weighted by Crippen LogP contribution is 2.13. The summed E-state index contributed by atoms with van der Waals surface area (Å²) in [6.07, 6.45) is 0.926. The molecule has 1 saturated heterocycles. The molecular weight excluding hydrogens is 278 g/mol. The van der Waals surface area contributed by atoms with Crippen LogP contribution in [0.1, 0.15) is 19.0 Å². The third-order valence-electron chi connectivity index (χ3n) is 3.23. The molecule has 1 fully saturated rings. The first-order valence-electron chi connectivity index (χ1n) is 6.91. The fraction of sp³-hybridized carbons (Fsp3) is 0.571. The average Bonchev–Trinajstić information content (AvgIpc) is 2.45. The van der Waals surface area contributed by atoms with Gasteiger partial charge < -0.3 is 10.1 Å². The van der Waals surface area contributed by atoms with Crippen molar-refractivity contribution in [3.63, 3.8) is 0 Å². The number of morpholine rings is 1. The smallest absolute Gasteiger partial charge is 0.239 e. The molecule has 0 aliphatic carbocycles. The van der Waals surface area contributed by atoms with Gasteiger partial charge >= 0.3 is 0 Å². The van der Waals surface area contributed by atoms with Gasteiger partial charge in [0.25, 0.3) is 0 Å². The number of hydrogen-bond donors (Lipinski definition) is 1. The molecule has 1 aromatic rings. The molecule has 1 aromatic heterocycles. The third kappa shape index (κ3) is 4.16. The minimum Gasteiger partial charge on any atom is -0.378 e. The fourth-order valence-corrected chi connectivity index (χ4v) is 2.36. The molecule has 2 heterocycles. The van der Waals surface area contributed by atoms with E-state index in [0.717, 1.165) is 18.7 Å². The Morgan fingerprint density at radius 1 is 1.60 bits per heavy atom. The summed E-state index contributed by atoms with van der Waals surface area (Å²) < 4.78 is 5.43. The fourth-order valence-electron chi connectivity index (χ4n) is 2.18. The number of hydrogen-bond acceptors (Lipinski definition) is 4. The van der Waals surface area contributed by atoms with Crippen LogP contribution in [-0.4, -0.2) is 48.1 Å². The minimum atomic E-state index is -0.254. The molecule has 20 heavy (non-hydrogen) atoms. The van der Waals surface area contributed by atoms with Crippen LogP contribution in [0.15, 0.2) is 18.2 Å². The van der Waals surface area contributed by atoms with Gasteiger partial charge in [-0.2, -0.15) is 0 Å². The number of amides is 1. The Balaban J connectivity index is 2.01. The van der Waals surface area contributed by atoms with Crippen LogP contribution in [0.4, 0.5) is 0 Å². The number of halogens is 1. The molecule has 5 nitrogen and oxygen atoms in total. The number of rotatable bonds is 5. The monoisotopic (exact) mass is 297 g/mol. The topological polar surface area (TPSA) is 54.5 Å². The number of carbonyl (C=O) groups excluding carboxylic acids is 1. The van der Waals surface area contributed by atoms with Crippen molar-refractivity contribution in [2.75, 3.05) is 26.3 Å². The normalized spacial score (nSPS) is 19.8. The van der Waals surface area contributed by atoms with Crippen molar-refractivity contribution < 1.29 is 9.53 Å². The summed E-state index contributed by atoms with van der Waals surface area (Å²) in [5.41, 5.74) is 0.868. The van der Waals surface area contributed by atoms with E-state index in [1.165, 1.54) is 0 Å². The molecule has 6 heteroatoms. The number of ether oxygens (including phenoxy) is 1. The first kappa shape index (κ1) is 15.2. The summed E-state index contributed by atoms with van der Waals surface area (Å²) in [6.45, 7) is 5.12. The van der Waals surface area contributed by atoms with E-state index in [9.17, 15) is 4.79 Å². The quantitative estimate of drug-likeness (QED) is 0.836. The van der Waals surface area contributed by atoms with Gasteiger partial charge in [-0.25, -0.2) is 4.98 Å². The zero-order valence-electron chi connectivity index (χ0n) is 11.6. The Labute approximate surface area is 124 Å². The second-order valence-corrected chi connectivity index (χ2v) is 5.19. The van der Waals surface area contributed by atoms with Gasteiger partial charge in [0, 0.05) is 19.6 Å². The lowest BCUT2D eigenvalue weighted by Crippen LogP contribution is -2.53. The summed E-state index contributed by atoms with van der Waals surface area (Å²) >= 11 is 5.90. The molecular formula is C14H20ClN3O2. The van der Waals surface area contributed by atoms with Crippen LogP contribution in [0.5, 0.6) is 0 Å². The number of nitrogens with one attached hydrogen (secondary N) is 1. The lowest BCUT2D eigenvalue weighted by atomic mass is 10.2. The van der Waals surface area contributed by atoms with Crippen molar-refractivity contribution in [3.05, 3.63) is 29.0 Å². The molecule has 0 radical (unpaired) electrons. The molecule has 1 atom stereocenters. The summed E-state index contributed by atoms with van der Waals surface area (Å²) in [5.74, 6) is 0.0218. The van der Waals surface area contributed by atoms with Crippen LogP contribution in [0.2, 0.25) is 5.15 Å². The summed E-state index contributed by atoms with van der Waals surface area (Å²) in [7, 11) is 0. The van der Waals surface area contributed by atoms with Gasteiger partial charge in [0.15, 0.2) is 0 Å². The van der Waals surface area contributed by atoms with E-state index in [4.69, 9.17) is 16.3 Å². The summed E-state index contributed by atoms with van der Waals surface area (Å²) in [6, 6.07) is 5.28. The van der Waals surface area contributed by atoms with Crippen molar-refractivity contribution in [2.45, 2.75) is 25.9 Å². The average molecular weight is 298 g/mol. The maximum atomic E-state index is 12.1. The highest BCUT2D eigenvalue weighted by molar-refractivity contribution is 6.29. The van der Waals surface area contributed by atoms with E-state index < -0.39 is 0 Å². The van der Waals surface area contributed by atoms with Gasteiger partial charge in [0.1, 0.15) is 11.2 Å². The highest BCUT2D eigenvalue weighted by Gasteiger charge is 2.29. The second-order valence-electron chi connectivity index (χ2n) is 4.80. The van der Waals surface area contributed by atoms with Crippen LogP contribution in [-0.2, 0) is 16.1 Å². The molecule has 1 unspecified atom stereocenters. The summed E-state index contributed by atoms with van der Waals surface area (Å²) in [4.78, 5) is 18.5. The Kier molecular flexibility index (Phi) is 5.76. The van der Waals surface area contributed by atoms with E-state index in [2.05, 4.69) is 15.2 Å². The van der Waals surface area contributed by atoms with Gasteiger partial charge in [-0.3, -0.25) is 9.69 Å². The number of aromatic nitrogens is 1. The summed E-state index contributed by atoms with van der Waals surface area (Å²) in [5, 5.41) is 3.40. The van der Waals surface area contributed by atoms with Crippen molar-refractivity contribution in [1.82, 2.24) is 15.2 Å². The molecule has 0 saturated carbocycles. The van der Waals surface area contributed by atoms with E-state index >= 15 is 0 Å². The zero-order valence-corrected chi connectivity index (χ0v) is 12.4. The van der Waals surface area contributed by atoms with Crippen molar-refractivity contribution in [1.29, 1.82) is 0 Å². The van der Waals surface area contributed by atoms with Crippen LogP contribution < -0.4 is 5.32 Å². The standard InChI is InChI=1S/C14H20ClN3O2/c1-2-6-16-14(19)12-10-20-8-7-18(12)9-11-4-3-5-13(15)17-11/h3-5,12H,2,6-10H2,1H3,(H,16,19). The Morgan fingerprint density at radius 3 is 3.20 bits per heavy atom. The van der Waals surface area contributed by atoms with Gasteiger partial charge in [0.2, 0.25) is 5.91 Å². The third-order valence-corrected chi connectivity index (χ3v) is 3.44. The minimum absolute atomic E-state index is 0.0218. The molecule has 1 amide bonds. The second kappa shape index (κ2) is 7.57. The van der Waals surface area contributed by atoms with E-state index in [-0.39, 0.29) is 11.9 Å². The van der Waals surface area contributed by atoms with Gasteiger partial charge in [0.05, 0.1) is 18.9 Å². The lowest BCUT2D eigenvalue weighted by Gasteiger charge is -2.34. The Morgan fingerprint density at radius 2 is 2.45 bits per heavy atom. The molecule has 110 valence electrons. The SMILES string of the molecule is CCCNC(=O)C1COCCN1Cc1cccc(Cl)n1. The van der Waals surface area contributed by atoms with Crippen LogP contribution in [0, 0.1) is 0 Å². The number of pyridine rings is 1. The van der Waals surface area contributed by atoms with Crippen molar-refractivity contribution in [3.8, 4) is 0 Å². The van der Waals surface area contributed by atoms with E-state index in [1.54, 1.807) is 6.07 Å². The van der Waals surface area contributed by atoms with E-state index in [1.807, 2.05) is 19.1 Å². The van der Waals surface area contributed by atoms with Gasteiger partial charge in [-0.1, -0.05) is 24.6 Å². The Hall–Kier alpha value is -1.17. The highest BCUT2D eigenvalue weighted by atomic mass is 35.5. The van der Waals surface area contributed by atoms with Crippen LogP contribution in [0.3, 0.4) is 0 Å². The van der Waals surface area contributed by atoms with Crippen LogP contribution in [0.25, 0.3) is 0 Å². The van der Waals surface area contributed by atoms with Crippen molar-refractivity contribution in [2.24, 2.45) is 0 Å². The largest absolute Gasteiger partial charge is 0.378 e. The predicted octanol–water partition coefficient (Wildman–Crippen LogP) is 1.46. The first-order chi connectivity index (χ1) is 9.70. The lowest BCUT2D eigenvalue weighted by molar-refractivity contribution is -0.133. The number of carbonyl (C=O) groups is 1. The number of nitrogens with zero attached hydrogens (tertiary/aromatic N) is 2. The van der Waals surface area contributed by atoms with Gasteiger partial charge in [-0.15, -0.1) is 0 Å². The molecule has 1 aliphatic heterocycles. The molecule has 0 aromatic carbocycles. The first-order valence-corrected chi connectivity index (χ1v) is 7.29.